The van der Waals surface area contributed by atoms with Crippen molar-refractivity contribution in [3.05, 3.63) is 51.1 Å². The van der Waals surface area contributed by atoms with Crippen molar-refractivity contribution < 1.29 is 17.9 Å². The Morgan fingerprint density at radius 1 is 1.12 bits per heavy atom. The molecule has 0 radical (unpaired) electrons. The minimum atomic E-state index is -3.60. The fourth-order valence-corrected chi connectivity index (χ4v) is 5.48. The molecular formula is C18H21BrINO4S. The molecule has 0 N–H and O–H groups in total. The smallest absolute Gasteiger partial charge is 0.243 e. The van der Waals surface area contributed by atoms with Gasteiger partial charge in [0.25, 0.3) is 0 Å². The van der Waals surface area contributed by atoms with E-state index in [1.165, 1.54) is 4.31 Å². The summed E-state index contributed by atoms with van der Waals surface area (Å²) in [5.41, 5.74) is 1.86. The molecule has 0 atom stereocenters. The summed E-state index contributed by atoms with van der Waals surface area (Å²) in [5, 5.41) is 0.544. The van der Waals surface area contributed by atoms with Gasteiger partial charge in [0.1, 0.15) is 0 Å². The standard InChI is InChI=1S/C18H21BrINO4S/c1-13-4-6-15(7-5-13)26(22,23)21(9-8-19)12-14-10-16(20)18(25-3)17(11-14)24-2/h4-7,10-11H,8-9,12H2,1-3H3. The van der Waals surface area contributed by atoms with Crippen LogP contribution >= 0.6 is 38.5 Å². The highest BCUT2D eigenvalue weighted by molar-refractivity contribution is 14.1. The van der Waals surface area contributed by atoms with Crippen molar-refractivity contribution >= 4 is 48.5 Å². The molecule has 2 aromatic rings. The molecule has 0 saturated heterocycles. The number of rotatable bonds is 8. The van der Waals surface area contributed by atoms with Gasteiger partial charge in [0.15, 0.2) is 11.5 Å². The topological polar surface area (TPSA) is 55.8 Å². The molecular weight excluding hydrogens is 533 g/mol. The van der Waals surface area contributed by atoms with Crippen molar-refractivity contribution in [1.82, 2.24) is 4.31 Å². The third-order valence-electron chi connectivity index (χ3n) is 3.84. The van der Waals surface area contributed by atoms with Crippen LogP contribution in [-0.2, 0) is 16.6 Å². The van der Waals surface area contributed by atoms with Crippen LogP contribution in [0.1, 0.15) is 11.1 Å². The van der Waals surface area contributed by atoms with E-state index in [2.05, 4.69) is 38.5 Å². The third-order valence-corrected chi connectivity index (χ3v) is 6.86. The summed E-state index contributed by atoms with van der Waals surface area (Å²) in [6.45, 7) is 2.54. The first-order valence-corrected chi connectivity index (χ1v) is 11.5. The second kappa shape index (κ2) is 9.38. The Kier molecular flexibility index (Phi) is 7.75. The molecule has 0 aliphatic rings. The Labute approximate surface area is 177 Å². The minimum Gasteiger partial charge on any atom is -0.493 e. The van der Waals surface area contributed by atoms with Crippen LogP contribution in [0.15, 0.2) is 41.3 Å². The fraction of sp³-hybridized carbons (Fsp3) is 0.333. The molecule has 5 nitrogen and oxygen atoms in total. The first-order valence-electron chi connectivity index (χ1n) is 7.86. The Morgan fingerprint density at radius 3 is 2.31 bits per heavy atom. The molecule has 2 rings (SSSR count). The maximum absolute atomic E-state index is 13.0. The van der Waals surface area contributed by atoms with Crippen molar-refractivity contribution in [1.29, 1.82) is 0 Å². The number of benzene rings is 2. The number of sulfonamides is 1. The monoisotopic (exact) mass is 553 g/mol. The van der Waals surface area contributed by atoms with E-state index in [4.69, 9.17) is 9.47 Å². The number of aryl methyl sites for hydroxylation is 1. The normalized spacial score (nSPS) is 11.6. The highest BCUT2D eigenvalue weighted by Gasteiger charge is 2.25. The van der Waals surface area contributed by atoms with Crippen LogP contribution in [0.3, 0.4) is 0 Å². The van der Waals surface area contributed by atoms with E-state index in [1.807, 2.05) is 19.1 Å². The Morgan fingerprint density at radius 2 is 1.77 bits per heavy atom. The van der Waals surface area contributed by atoms with Crippen LogP contribution in [0.2, 0.25) is 0 Å². The number of nitrogens with zero attached hydrogens (tertiary/aromatic N) is 1. The molecule has 0 saturated carbocycles. The second-order valence-electron chi connectivity index (χ2n) is 5.65. The number of hydrogen-bond donors (Lipinski definition) is 0. The molecule has 2 aromatic carbocycles. The fourth-order valence-electron chi connectivity index (χ4n) is 2.50. The molecule has 0 heterocycles. The van der Waals surface area contributed by atoms with Gasteiger partial charge >= 0.3 is 0 Å². The van der Waals surface area contributed by atoms with Crippen molar-refractivity contribution in [3.8, 4) is 11.5 Å². The maximum atomic E-state index is 13.0. The van der Waals surface area contributed by atoms with Gasteiger partial charge in [-0.1, -0.05) is 33.6 Å². The largest absolute Gasteiger partial charge is 0.493 e. The van der Waals surface area contributed by atoms with Crippen LogP contribution < -0.4 is 9.47 Å². The lowest BCUT2D eigenvalue weighted by molar-refractivity contribution is 0.351. The molecule has 142 valence electrons. The van der Waals surface area contributed by atoms with Crippen LogP contribution in [-0.4, -0.2) is 38.8 Å². The van der Waals surface area contributed by atoms with Crippen LogP contribution in [0, 0.1) is 10.5 Å². The lowest BCUT2D eigenvalue weighted by atomic mass is 10.2. The quantitative estimate of drug-likeness (QED) is 0.363. The van der Waals surface area contributed by atoms with E-state index < -0.39 is 10.0 Å². The van der Waals surface area contributed by atoms with E-state index in [0.29, 0.717) is 28.3 Å². The molecule has 0 spiro atoms. The molecule has 0 unspecified atom stereocenters. The molecule has 8 heteroatoms. The van der Waals surface area contributed by atoms with Crippen molar-refractivity contribution in [2.45, 2.75) is 18.4 Å². The van der Waals surface area contributed by atoms with Crippen LogP contribution in [0.4, 0.5) is 0 Å². The van der Waals surface area contributed by atoms with Gasteiger partial charge in [-0.25, -0.2) is 8.42 Å². The average molecular weight is 554 g/mol. The third kappa shape index (κ3) is 4.90. The Balaban J connectivity index is 2.39. The molecule has 0 fully saturated rings. The summed E-state index contributed by atoms with van der Waals surface area (Å²) < 4.78 is 39.2. The second-order valence-corrected chi connectivity index (χ2v) is 9.55. The van der Waals surface area contributed by atoms with Gasteiger partial charge in [-0.15, -0.1) is 0 Å². The van der Waals surface area contributed by atoms with Crippen molar-refractivity contribution in [3.63, 3.8) is 0 Å². The number of ether oxygens (including phenoxy) is 2. The first-order chi connectivity index (χ1) is 12.3. The van der Waals surface area contributed by atoms with Crippen molar-refractivity contribution in [2.75, 3.05) is 26.1 Å². The number of methoxy groups -OCH3 is 2. The Bertz CT molecular complexity index is 856. The lowest BCUT2D eigenvalue weighted by Crippen LogP contribution is -2.32. The minimum absolute atomic E-state index is 0.248. The van der Waals surface area contributed by atoms with E-state index in [9.17, 15) is 8.42 Å². The van der Waals surface area contributed by atoms with Gasteiger partial charge in [-0.3, -0.25) is 0 Å². The van der Waals surface area contributed by atoms with Gasteiger partial charge in [0.05, 0.1) is 22.7 Å². The van der Waals surface area contributed by atoms with E-state index in [1.54, 1.807) is 38.5 Å². The number of halogens is 2. The molecule has 0 aliphatic carbocycles. The summed E-state index contributed by atoms with van der Waals surface area (Å²) >= 11 is 5.51. The average Bonchev–Trinajstić information content (AvgIpc) is 2.61. The van der Waals surface area contributed by atoms with Gasteiger partial charge in [0, 0.05) is 18.4 Å². The Hall–Kier alpha value is -0.840. The van der Waals surface area contributed by atoms with Crippen LogP contribution in [0.25, 0.3) is 0 Å². The molecule has 26 heavy (non-hydrogen) atoms. The highest BCUT2D eigenvalue weighted by atomic mass is 127. The molecule has 0 amide bonds. The number of alkyl halides is 1. The zero-order chi connectivity index (χ0) is 19.3. The van der Waals surface area contributed by atoms with Gasteiger partial charge in [-0.05, 0) is 59.3 Å². The van der Waals surface area contributed by atoms with Crippen molar-refractivity contribution in [2.24, 2.45) is 0 Å². The highest BCUT2D eigenvalue weighted by Crippen LogP contribution is 2.34. The van der Waals surface area contributed by atoms with E-state index >= 15 is 0 Å². The molecule has 0 aliphatic heterocycles. The lowest BCUT2D eigenvalue weighted by Gasteiger charge is -2.22. The van der Waals surface area contributed by atoms with Gasteiger partial charge in [-0.2, -0.15) is 4.31 Å². The predicted octanol–water partition coefficient (Wildman–Crippen LogP) is 4.20. The summed E-state index contributed by atoms with van der Waals surface area (Å²) in [7, 11) is -0.449. The molecule has 0 bridgehead atoms. The zero-order valence-corrected chi connectivity index (χ0v) is 19.4. The summed E-state index contributed by atoms with van der Waals surface area (Å²) in [4.78, 5) is 0.291. The SMILES string of the molecule is COc1cc(CN(CCBr)S(=O)(=O)c2ccc(C)cc2)cc(I)c1OC. The van der Waals surface area contributed by atoms with Gasteiger partial charge < -0.3 is 9.47 Å². The number of hydrogen-bond acceptors (Lipinski definition) is 4. The van der Waals surface area contributed by atoms with Gasteiger partial charge in [0.2, 0.25) is 10.0 Å². The van der Waals surface area contributed by atoms with E-state index in [0.717, 1.165) is 14.7 Å². The maximum Gasteiger partial charge on any atom is 0.243 e. The summed E-state index contributed by atoms with van der Waals surface area (Å²) in [6.07, 6.45) is 0. The zero-order valence-electron chi connectivity index (χ0n) is 14.8. The van der Waals surface area contributed by atoms with E-state index in [-0.39, 0.29) is 6.54 Å². The first kappa shape index (κ1) is 21.5. The predicted molar refractivity (Wildman–Crippen MR) is 115 cm³/mol. The van der Waals surface area contributed by atoms with Crippen LogP contribution in [0.5, 0.6) is 11.5 Å². The molecule has 0 aromatic heterocycles. The summed E-state index contributed by atoms with van der Waals surface area (Å²) in [6, 6.07) is 10.6. The summed E-state index contributed by atoms with van der Waals surface area (Å²) in [5.74, 6) is 1.23.